The van der Waals surface area contributed by atoms with E-state index >= 15 is 0 Å². The van der Waals surface area contributed by atoms with Crippen LogP contribution < -0.4 is 5.73 Å². The van der Waals surface area contributed by atoms with Gasteiger partial charge >= 0.3 is 0 Å². The molecule has 0 unspecified atom stereocenters. The molecule has 84 valence electrons. The van der Waals surface area contributed by atoms with Crippen LogP contribution in [0.25, 0.3) is 11.3 Å². The van der Waals surface area contributed by atoms with Crippen LogP contribution in [-0.4, -0.2) is 12.3 Å². The minimum atomic E-state index is -0.363. The number of anilines is 1. The van der Waals surface area contributed by atoms with Gasteiger partial charge in [0.15, 0.2) is 0 Å². The zero-order valence-corrected chi connectivity index (χ0v) is 8.74. The third kappa shape index (κ3) is 1.90. The van der Waals surface area contributed by atoms with Gasteiger partial charge in [0.1, 0.15) is 11.5 Å². The van der Waals surface area contributed by atoms with Gasteiger partial charge in [-0.3, -0.25) is 0 Å². The molecular formula is C11H11FN2O2. The summed E-state index contributed by atoms with van der Waals surface area (Å²) >= 11 is 0. The predicted molar refractivity (Wildman–Crippen MR) is 57.0 cm³/mol. The fourth-order valence-electron chi connectivity index (χ4n) is 1.46. The quantitative estimate of drug-likeness (QED) is 0.864. The van der Waals surface area contributed by atoms with Crippen LogP contribution in [0, 0.1) is 5.82 Å². The van der Waals surface area contributed by atoms with Crippen molar-refractivity contribution >= 4 is 5.88 Å². The van der Waals surface area contributed by atoms with Gasteiger partial charge < -0.3 is 15.0 Å². The van der Waals surface area contributed by atoms with Gasteiger partial charge in [0.05, 0.1) is 6.61 Å². The maximum atomic E-state index is 14.0. The molecule has 0 aliphatic carbocycles. The first-order valence-corrected chi connectivity index (χ1v) is 4.71. The molecule has 0 fully saturated rings. The van der Waals surface area contributed by atoms with Gasteiger partial charge in [-0.25, -0.2) is 4.39 Å². The highest BCUT2D eigenvalue weighted by atomic mass is 19.1. The minimum Gasteiger partial charge on any atom is -0.380 e. The summed E-state index contributed by atoms with van der Waals surface area (Å²) in [7, 11) is 1.51. The molecule has 0 saturated heterocycles. The van der Waals surface area contributed by atoms with Crippen LogP contribution in [-0.2, 0) is 11.3 Å². The Morgan fingerprint density at radius 1 is 1.50 bits per heavy atom. The summed E-state index contributed by atoms with van der Waals surface area (Å²) in [5.41, 5.74) is 6.60. The minimum absolute atomic E-state index is 0.159. The lowest BCUT2D eigenvalue weighted by Gasteiger charge is -2.04. The number of benzene rings is 1. The van der Waals surface area contributed by atoms with Crippen molar-refractivity contribution in [3.05, 3.63) is 35.6 Å². The molecule has 4 nitrogen and oxygen atoms in total. The number of hydrogen-bond acceptors (Lipinski definition) is 4. The van der Waals surface area contributed by atoms with Crippen molar-refractivity contribution in [2.75, 3.05) is 12.8 Å². The molecule has 0 bridgehead atoms. The van der Waals surface area contributed by atoms with Crippen molar-refractivity contribution in [2.45, 2.75) is 6.61 Å². The molecule has 16 heavy (non-hydrogen) atoms. The zero-order chi connectivity index (χ0) is 11.5. The van der Waals surface area contributed by atoms with E-state index < -0.39 is 0 Å². The Bertz CT molecular complexity index is 496. The molecule has 1 aromatic carbocycles. The molecule has 0 saturated carbocycles. The normalized spacial score (nSPS) is 10.6. The lowest BCUT2D eigenvalue weighted by atomic mass is 10.1. The van der Waals surface area contributed by atoms with Gasteiger partial charge in [-0.05, 0) is 6.07 Å². The summed E-state index contributed by atoms with van der Waals surface area (Å²) in [5, 5.41) is 3.67. The average Bonchev–Trinajstić information content (AvgIpc) is 2.68. The summed E-state index contributed by atoms with van der Waals surface area (Å²) in [5.74, 6) is -0.204. The molecule has 5 heteroatoms. The van der Waals surface area contributed by atoms with Crippen molar-refractivity contribution in [2.24, 2.45) is 0 Å². The van der Waals surface area contributed by atoms with Gasteiger partial charge in [0, 0.05) is 24.3 Å². The molecule has 0 aliphatic rings. The summed E-state index contributed by atoms with van der Waals surface area (Å²) in [6.07, 6.45) is 0. The van der Waals surface area contributed by atoms with Gasteiger partial charge in [0.25, 0.3) is 0 Å². The second-order valence-electron chi connectivity index (χ2n) is 3.33. The van der Waals surface area contributed by atoms with Crippen LogP contribution in [0.1, 0.15) is 5.56 Å². The van der Waals surface area contributed by atoms with Crippen LogP contribution in [0.4, 0.5) is 10.3 Å². The Hall–Kier alpha value is -1.88. The lowest BCUT2D eigenvalue weighted by molar-refractivity contribution is 0.181. The van der Waals surface area contributed by atoms with Crippen molar-refractivity contribution in [3.63, 3.8) is 0 Å². The van der Waals surface area contributed by atoms with E-state index in [0.717, 1.165) is 0 Å². The van der Waals surface area contributed by atoms with Crippen LogP contribution in [0.5, 0.6) is 0 Å². The van der Waals surface area contributed by atoms with Gasteiger partial charge in [-0.2, -0.15) is 0 Å². The van der Waals surface area contributed by atoms with Crippen molar-refractivity contribution in [1.29, 1.82) is 0 Å². The maximum Gasteiger partial charge on any atom is 0.222 e. The predicted octanol–water partition coefficient (Wildman–Crippen LogP) is 2.21. The van der Waals surface area contributed by atoms with E-state index in [1.165, 1.54) is 13.2 Å². The number of rotatable bonds is 3. The van der Waals surface area contributed by atoms with Crippen molar-refractivity contribution in [1.82, 2.24) is 5.16 Å². The molecule has 0 radical (unpaired) electrons. The smallest absolute Gasteiger partial charge is 0.222 e. The number of hydrogen-bond donors (Lipinski definition) is 1. The number of nitrogen functional groups attached to an aromatic ring is 1. The van der Waals surface area contributed by atoms with Crippen LogP contribution >= 0.6 is 0 Å². The summed E-state index contributed by atoms with van der Waals surface area (Å²) in [4.78, 5) is 0. The van der Waals surface area contributed by atoms with E-state index in [1.807, 2.05) is 0 Å². The molecule has 0 aliphatic heterocycles. The number of nitrogens with zero attached hydrogens (tertiary/aromatic N) is 1. The topological polar surface area (TPSA) is 61.3 Å². The molecule has 0 spiro atoms. The molecular weight excluding hydrogens is 211 g/mol. The van der Waals surface area contributed by atoms with Crippen LogP contribution in [0.3, 0.4) is 0 Å². The fraction of sp³-hybridized carbons (Fsp3) is 0.182. The molecule has 0 amide bonds. The average molecular weight is 222 g/mol. The lowest BCUT2D eigenvalue weighted by Crippen LogP contribution is -1.95. The van der Waals surface area contributed by atoms with Crippen molar-refractivity contribution in [3.8, 4) is 11.3 Å². The molecule has 1 heterocycles. The van der Waals surface area contributed by atoms with E-state index in [2.05, 4.69) is 5.16 Å². The first-order chi connectivity index (χ1) is 7.72. The Balaban J connectivity index is 2.45. The van der Waals surface area contributed by atoms with Gasteiger partial charge in [-0.1, -0.05) is 17.3 Å². The van der Waals surface area contributed by atoms with E-state index in [4.69, 9.17) is 15.0 Å². The van der Waals surface area contributed by atoms with E-state index in [1.54, 1.807) is 18.2 Å². The van der Waals surface area contributed by atoms with Crippen molar-refractivity contribution < 1.29 is 13.7 Å². The first kappa shape index (κ1) is 10.6. The summed E-state index contributed by atoms with van der Waals surface area (Å²) < 4.78 is 23.6. The molecule has 1 aromatic heterocycles. The number of methoxy groups -OCH3 is 1. The summed E-state index contributed by atoms with van der Waals surface area (Å²) in [6.45, 7) is 0.215. The van der Waals surface area contributed by atoms with E-state index in [-0.39, 0.29) is 18.3 Å². The molecule has 2 aromatic rings. The van der Waals surface area contributed by atoms with E-state index in [9.17, 15) is 4.39 Å². The number of halogens is 1. The Morgan fingerprint density at radius 3 is 2.94 bits per heavy atom. The largest absolute Gasteiger partial charge is 0.380 e. The van der Waals surface area contributed by atoms with Crippen LogP contribution in [0.15, 0.2) is 28.8 Å². The van der Waals surface area contributed by atoms with Crippen LogP contribution in [0.2, 0.25) is 0 Å². The summed E-state index contributed by atoms with van der Waals surface area (Å²) in [6, 6.07) is 6.49. The number of nitrogens with two attached hydrogens (primary N) is 1. The second-order valence-corrected chi connectivity index (χ2v) is 3.33. The molecule has 0 atom stereocenters. The first-order valence-electron chi connectivity index (χ1n) is 4.71. The Kier molecular flexibility index (Phi) is 2.87. The number of aromatic nitrogens is 1. The maximum absolute atomic E-state index is 14.0. The molecule has 2 N–H and O–H groups in total. The molecule has 2 rings (SSSR count). The standard InChI is InChI=1S/C11H11FN2O2/c1-15-6-7-3-2-4-8(11(7)12)9-5-10(13)16-14-9/h2-5H,6,13H2,1H3. The van der Waals surface area contributed by atoms with E-state index in [0.29, 0.717) is 16.8 Å². The fourth-order valence-corrected chi connectivity index (χ4v) is 1.46. The monoisotopic (exact) mass is 222 g/mol. The number of ether oxygens (including phenoxy) is 1. The highest BCUT2D eigenvalue weighted by Crippen LogP contribution is 2.25. The third-order valence-electron chi connectivity index (χ3n) is 2.18. The highest BCUT2D eigenvalue weighted by molar-refractivity contribution is 5.62. The van der Waals surface area contributed by atoms with Gasteiger partial charge in [-0.15, -0.1) is 0 Å². The van der Waals surface area contributed by atoms with Gasteiger partial charge in [0.2, 0.25) is 5.88 Å². The Labute approximate surface area is 91.8 Å². The Morgan fingerprint density at radius 2 is 2.31 bits per heavy atom. The third-order valence-corrected chi connectivity index (χ3v) is 2.18. The highest BCUT2D eigenvalue weighted by Gasteiger charge is 2.12. The zero-order valence-electron chi connectivity index (χ0n) is 8.74. The second kappa shape index (κ2) is 4.32. The SMILES string of the molecule is COCc1cccc(-c2cc(N)on2)c1F.